The Balaban J connectivity index is 0.000000291. The molecule has 29 heavy (non-hydrogen) atoms. The minimum atomic E-state index is -0.499. The average molecular weight is 407 g/mol. The van der Waals surface area contributed by atoms with Gasteiger partial charge in [-0.3, -0.25) is 14.5 Å². The molecule has 1 fully saturated rings. The van der Waals surface area contributed by atoms with Gasteiger partial charge in [0, 0.05) is 12.6 Å². The van der Waals surface area contributed by atoms with E-state index in [-0.39, 0.29) is 36.4 Å². The number of Topliss-reactive ketones (excluding diaryl/α,β-unsaturated/α-hetero) is 1. The summed E-state index contributed by atoms with van der Waals surface area (Å²) in [5, 5.41) is 0. The molecule has 1 heterocycles. The van der Waals surface area contributed by atoms with E-state index in [9.17, 15) is 14.4 Å². The third-order valence-corrected chi connectivity index (χ3v) is 4.08. The Labute approximate surface area is 173 Å². The Hall–Kier alpha value is -2.41. The van der Waals surface area contributed by atoms with Crippen molar-refractivity contribution in [2.45, 2.75) is 78.2 Å². The first-order valence-corrected chi connectivity index (χ1v) is 9.95. The van der Waals surface area contributed by atoms with Crippen molar-refractivity contribution < 1.29 is 23.9 Å². The fourth-order valence-corrected chi connectivity index (χ4v) is 2.79. The predicted molar refractivity (Wildman–Crippen MR) is 111 cm³/mol. The number of nitrogens with zero attached hydrogens (tertiary/aromatic N) is 1. The molecule has 0 unspecified atom stereocenters. The Morgan fingerprint density at radius 2 is 1.83 bits per heavy atom. The lowest BCUT2D eigenvalue weighted by molar-refractivity contribution is -0.145. The molecule has 2 N–H and O–H groups in total. The minimum absolute atomic E-state index is 0.0401. The van der Waals surface area contributed by atoms with Crippen LogP contribution >= 0.6 is 0 Å². The van der Waals surface area contributed by atoms with Gasteiger partial charge in [0.25, 0.3) is 0 Å². The standard InChI is InChI=1S/C11H19NO3.C11H15NO2/c1-8(13)9-6-5-7-12(9)10(14)15-11(2,3)4;1-9(12)7-11(13)14-8-10-5-3-2-4-6-10/h9H,5-7H2,1-4H3;2-6,9H,7-8,12H2,1H3/t2*9-/m01/s1. The minimum Gasteiger partial charge on any atom is -0.461 e. The van der Waals surface area contributed by atoms with Crippen molar-refractivity contribution in [1.82, 2.24) is 4.90 Å². The summed E-state index contributed by atoms with van der Waals surface area (Å²) in [4.78, 5) is 35.7. The van der Waals surface area contributed by atoms with Gasteiger partial charge in [0.05, 0.1) is 12.5 Å². The van der Waals surface area contributed by atoms with Gasteiger partial charge in [0.2, 0.25) is 0 Å². The zero-order chi connectivity index (χ0) is 22.0. The number of benzene rings is 1. The van der Waals surface area contributed by atoms with Crippen LogP contribution in [0.4, 0.5) is 4.79 Å². The van der Waals surface area contributed by atoms with Crippen LogP contribution in [0.3, 0.4) is 0 Å². The van der Waals surface area contributed by atoms with Crippen LogP contribution in [0, 0.1) is 0 Å². The van der Waals surface area contributed by atoms with Crippen LogP contribution in [-0.2, 0) is 25.7 Å². The second-order valence-electron chi connectivity index (χ2n) is 8.27. The number of carbonyl (C=O) groups is 3. The first kappa shape index (κ1) is 24.6. The van der Waals surface area contributed by atoms with Crippen molar-refractivity contribution in [1.29, 1.82) is 0 Å². The maximum Gasteiger partial charge on any atom is 0.410 e. The summed E-state index contributed by atoms with van der Waals surface area (Å²) in [5.41, 5.74) is 5.95. The maximum atomic E-state index is 11.7. The summed E-state index contributed by atoms with van der Waals surface area (Å²) in [6, 6.07) is 9.16. The molecule has 2 atom stereocenters. The molecule has 162 valence electrons. The maximum absolute atomic E-state index is 11.7. The highest BCUT2D eigenvalue weighted by molar-refractivity contribution is 5.86. The molecule has 1 aromatic rings. The second kappa shape index (κ2) is 11.6. The van der Waals surface area contributed by atoms with Crippen LogP contribution in [-0.4, -0.2) is 47.0 Å². The van der Waals surface area contributed by atoms with Crippen LogP contribution in [0.2, 0.25) is 0 Å². The number of carbonyl (C=O) groups excluding carboxylic acids is 3. The molecule has 7 nitrogen and oxygen atoms in total. The molecule has 0 aromatic heterocycles. The van der Waals surface area contributed by atoms with Crippen molar-refractivity contribution in [2.24, 2.45) is 5.73 Å². The van der Waals surface area contributed by atoms with E-state index >= 15 is 0 Å². The number of likely N-dealkylation sites (tertiary alicyclic amines) is 1. The molecule has 7 heteroatoms. The molecule has 0 radical (unpaired) electrons. The van der Waals surface area contributed by atoms with Gasteiger partial charge in [-0.05, 0) is 53.0 Å². The summed E-state index contributed by atoms with van der Waals surface area (Å²) >= 11 is 0. The van der Waals surface area contributed by atoms with Gasteiger partial charge in [-0.2, -0.15) is 0 Å². The molecular formula is C22H34N2O5. The van der Waals surface area contributed by atoms with E-state index in [2.05, 4.69) is 0 Å². The van der Waals surface area contributed by atoms with Crippen LogP contribution in [0.1, 0.15) is 59.4 Å². The summed E-state index contributed by atoms with van der Waals surface area (Å²) in [6.45, 7) is 9.72. The molecule has 0 saturated carbocycles. The number of hydrogen-bond acceptors (Lipinski definition) is 6. The third kappa shape index (κ3) is 10.1. The zero-order valence-electron chi connectivity index (χ0n) is 18.1. The van der Waals surface area contributed by atoms with Crippen LogP contribution < -0.4 is 5.73 Å². The number of amides is 1. The molecule has 1 amide bonds. The Morgan fingerprint density at radius 3 is 2.34 bits per heavy atom. The molecule has 0 spiro atoms. The van der Waals surface area contributed by atoms with Crippen molar-refractivity contribution in [3.05, 3.63) is 35.9 Å². The second-order valence-corrected chi connectivity index (χ2v) is 8.27. The van der Waals surface area contributed by atoms with Crippen molar-refractivity contribution in [3.8, 4) is 0 Å². The quantitative estimate of drug-likeness (QED) is 0.752. The van der Waals surface area contributed by atoms with Gasteiger partial charge in [0.1, 0.15) is 12.2 Å². The Kier molecular flexibility index (Phi) is 9.81. The predicted octanol–water partition coefficient (Wildman–Crippen LogP) is 3.44. The highest BCUT2D eigenvalue weighted by atomic mass is 16.6. The zero-order valence-corrected chi connectivity index (χ0v) is 18.1. The van der Waals surface area contributed by atoms with Gasteiger partial charge in [0.15, 0.2) is 5.78 Å². The molecule has 0 aliphatic carbocycles. The highest BCUT2D eigenvalue weighted by Gasteiger charge is 2.34. The smallest absolute Gasteiger partial charge is 0.410 e. The van der Waals surface area contributed by atoms with Crippen LogP contribution in [0.5, 0.6) is 0 Å². The summed E-state index contributed by atoms with van der Waals surface area (Å²) in [5.74, 6) is -0.206. The van der Waals surface area contributed by atoms with Gasteiger partial charge >= 0.3 is 12.1 Å². The lowest BCUT2D eigenvalue weighted by Gasteiger charge is -2.27. The van der Waals surface area contributed by atoms with E-state index in [4.69, 9.17) is 15.2 Å². The Bertz CT molecular complexity index is 668. The third-order valence-electron chi connectivity index (χ3n) is 4.08. The van der Waals surface area contributed by atoms with E-state index in [0.29, 0.717) is 13.2 Å². The lowest BCUT2D eigenvalue weighted by Crippen LogP contribution is -2.42. The number of ether oxygens (including phenoxy) is 2. The van der Waals surface area contributed by atoms with Crippen LogP contribution in [0.25, 0.3) is 0 Å². The monoisotopic (exact) mass is 406 g/mol. The van der Waals surface area contributed by atoms with E-state index in [1.165, 1.54) is 11.8 Å². The number of hydrogen-bond donors (Lipinski definition) is 1. The average Bonchev–Trinajstić information content (AvgIpc) is 3.10. The van der Waals surface area contributed by atoms with E-state index in [1.807, 2.05) is 51.1 Å². The van der Waals surface area contributed by atoms with Crippen molar-refractivity contribution in [2.75, 3.05) is 6.54 Å². The lowest BCUT2D eigenvalue weighted by atomic mass is 10.1. The van der Waals surface area contributed by atoms with E-state index in [0.717, 1.165) is 18.4 Å². The van der Waals surface area contributed by atoms with Crippen molar-refractivity contribution in [3.63, 3.8) is 0 Å². The fraction of sp³-hybridized carbons (Fsp3) is 0.591. The largest absolute Gasteiger partial charge is 0.461 e. The summed E-state index contributed by atoms with van der Waals surface area (Å²) in [6.07, 6.45) is 1.53. The molecular weight excluding hydrogens is 372 g/mol. The number of nitrogens with two attached hydrogens (primary N) is 1. The molecule has 1 aliphatic heterocycles. The highest BCUT2D eigenvalue weighted by Crippen LogP contribution is 2.21. The topological polar surface area (TPSA) is 98.9 Å². The number of rotatable bonds is 5. The van der Waals surface area contributed by atoms with Gasteiger partial charge < -0.3 is 15.2 Å². The van der Waals surface area contributed by atoms with Crippen LogP contribution in [0.15, 0.2) is 30.3 Å². The van der Waals surface area contributed by atoms with Gasteiger partial charge in [-0.25, -0.2) is 4.79 Å². The molecule has 2 rings (SSSR count). The van der Waals surface area contributed by atoms with E-state index < -0.39 is 5.60 Å². The molecule has 1 aliphatic rings. The van der Waals surface area contributed by atoms with Gasteiger partial charge in [-0.1, -0.05) is 30.3 Å². The number of esters is 1. The first-order valence-electron chi connectivity index (χ1n) is 9.95. The molecule has 1 aromatic carbocycles. The van der Waals surface area contributed by atoms with E-state index in [1.54, 1.807) is 6.92 Å². The fourth-order valence-electron chi connectivity index (χ4n) is 2.79. The first-order chi connectivity index (χ1) is 13.5. The summed E-state index contributed by atoms with van der Waals surface area (Å²) < 4.78 is 10.3. The normalized spacial score (nSPS) is 17.0. The SMILES string of the molecule is CC(=O)[C@@H]1CCCN1C(=O)OC(C)(C)C.C[C@@H](N)CC(=O)OCc1ccccc1. The van der Waals surface area contributed by atoms with Crippen molar-refractivity contribution >= 4 is 17.8 Å². The number of ketones is 1. The van der Waals surface area contributed by atoms with Gasteiger partial charge in [-0.15, -0.1) is 0 Å². The molecule has 0 bridgehead atoms. The summed E-state index contributed by atoms with van der Waals surface area (Å²) in [7, 11) is 0. The Morgan fingerprint density at radius 1 is 1.21 bits per heavy atom. The molecule has 1 saturated heterocycles.